The van der Waals surface area contributed by atoms with Crippen LogP contribution in [-0.4, -0.2) is 52.9 Å². The SMILES string of the molecule is CCOC(=O)C1COCCN1c1nc(-c2ccncc2)cc(=O)n1C. The van der Waals surface area contributed by atoms with Crippen LogP contribution in [0, 0.1) is 0 Å². The number of morpholine rings is 1. The smallest absolute Gasteiger partial charge is 0.331 e. The summed E-state index contributed by atoms with van der Waals surface area (Å²) in [5.74, 6) is 0.0337. The van der Waals surface area contributed by atoms with Gasteiger partial charge in [-0.15, -0.1) is 0 Å². The molecular formula is C17H20N4O4. The van der Waals surface area contributed by atoms with Crippen LogP contribution in [0.1, 0.15) is 6.92 Å². The number of nitrogens with zero attached hydrogens (tertiary/aromatic N) is 4. The van der Waals surface area contributed by atoms with Gasteiger partial charge < -0.3 is 14.4 Å². The van der Waals surface area contributed by atoms with Crippen molar-refractivity contribution in [2.75, 3.05) is 31.3 Å². The molecule has 25 heavy (non-hydrogen) atoms. The first-order valence-electron chi connectivity index (χ1n) is 8.11. The number of rotatable bonds is 4. The van der Waals surface area contributed by atoms with Crippen LogP contribution in [0.4, 0.5) is 5.95 Å². The minimum Gasteiger partial charge on any atom is -0.464 e. The van der Waals surface area contributed by atoms with Gasteiger partial charge >= 0.3 is 5.97 Å². The van der Waals surface area contributed by atoms with Crippen molar-refractivity contribution in [1.82, 2.24) is 14.5 Å². The van der Waals surface area contributed by atoms with Gasteiger partial charge in [-0.05, 0) is 19.1 Å². The second-order valence-corrected chi connectivity index (χ2v) is 5.61. The van der Waals surface area contributed by atoms with Gasteiger partial charge in [-0.1, -0.05) is 0 Å². The zero-order valence-corrected chi connectivity index (χ0v) is 14.2. The molecule has 0 radical (unpaired) electrons. The molecule has 1 unspecified atom stereocenters. The van der Waals surface area contributed by atoms with Gasteiger partial charge in [0, 0.05) is 37.6 Å². The van der Waals surface area contributed by atoms with Crippen LogP contribution in [0.25, 0.3) is 11.3 Å². The maximum atomic E-state index is 12.4. The van der Waals surface area contributed by atoms with E-state index in [1.54, 1.807) is 43.4 Å². The van der Waals surface area contributed by atoms with Crippen molar-refractivity contribution in [2.24, 2.45) is 7.05 Å². The summed E-state index contributed by atoms with van der Waals surface area (Å²) in [5.41, 5.74) is 1.12. The van der Waals surface area contributed by atoms with Crippen LogP contribution in [-0.2, 0) is 21.3 Å². The van der Waals surface area contributed by atoms with Gasteiger partial charge in [0.2, 0.25) is 5.95 Å². The largest absolute Gasteiger partial charge is 0.464 e. The Morgan fingerprint density at radius 1 is 1.40 bits per heavy atom. The molecule has 1 aliphatic heterocycles. The lowest BCUT2D eigenvalue weighted by Crippen LogP contribution is -2.52. The van der Waals surface area contributed by atoms with Crippen LogP contribution >= 0.6 is 0 Å². The maximum absolute atomic E-state index is 12.4. The molecule has 8 nitrogen and oxygen atoms in total. The number of hydrogen-bond acceptors (Lipinski definition) is 7. The molecule has 0 N–H and O–H groups in total. The molecule has 3 heterocycles. The van der Waals surface area contributed by atoms with E-state index in [1.165, 1.54) is 10.6 Å². The van der Waals surface area contributed by atoms with Crippen molar-refractivity contribution >= 4 is 11.9 Å². The Kier molecular flexibility index (Phi) is 5.08. The van der Waals surface area contributed by atoms with E-state index in [4.69, 9.17) is 9.47 Å². The van der Waals surface area contributed by atoms with Gasteiger partial charge in [0.1, 0.15) is 0 Å². The normalized spacial score (nSPS) is 17.4. The average molecular weight is 344 g/mol. The molecule has 2 aromatic rings. The lowest BCUT2D eigenvalue weighted by atomic mass is 10.2. The van der Waals surface area contributed by atoms with Gasteiger partial charge in [0.15, 0.2) is 6.04 Å². The highest BCUT2D eigenvalue weighted by molar-refractivity contribution is 5.80. The zero-order valence-electron chi connectivity index (χ0n) is 14.2. The van der Waals surface area contributed by atoms with Crippen molar-refractivity contribution in [3.8, 4) is 11.3 Å². The lowest BCUT2D eigenvalue weighted by molar-refractivity contribution is -0.147. The fourth-order valence-electron chi connectivity index (χ4n) is 2.73. The van der Waals surface area contributed by atoms with Crippen LogP contribution in [0.3, 0.4) is 0 Å². The molecule has 3 rings (SSSR count). The first-order valence-corrected chi connectivity index (χ1v) is 8.11. The molecule has 1 fully saturated rings. The number of carbonyl (C=O) groups excluding carboxylic acids is 1. The monoisotopic (exact) mass is 344 g/mol. The molecule has 0 saturated carbocycles. The summed E-state index contributed by atoms with van der Waals surface area (Å²) in [5, 5.41) is 0. The van der Waals surface area contributed by atoms with Gasteiger partial charge in [0.05, 0.1) is 25.5 Å². The number of carbonyl (C=O) groups is 1. The van der Waals surface area contributed by atoms with Gasteiger partial charge in [-0.3, -0.25) is 14.3 Å². The number of hydrogen-bond donors (Lipinski definition) is 0. The summed E-state index contributed by atoms with van der Waals surface area (Å²) in [6.07, 6.45) is 3.29. The number of ether oxygens (including phenoxy) is 2. The second kappa shape index (κ2) is 7.43. The molecule has 0 bridgehead atoms. The minimum absolute atomic E-state index is 0.203. The molecule has 0 aliphatic carbocycles. The van der Waals surface area contributed by atoms with E-state index in [1.807, 2.05) is 0 Å². The number of anilines is 1. The van der Waals surface area contributed by atoms with E-state index in [0.29, 0.717) is 24.8 Å². The molecule has 1 aliphatic rings. The van der Waals surface area contributed by atoms with Crippen molar-refractivity contribution in [3.05, 3.63) is 40.9 Å². The molecule has 0 amide bonds. The van der Waals surface area contributed by atoms with Crippen molar-refractivity contribution in [2.45, 2.75) is 13.0 Å². The van der Waals surface area contributed by atoms with Crippen molar-refractivity contribution in [1.29, 1.82) is 0 Å². The lowest BCUT2D eigenvalue weighted by Gasteiger charge is -2.35. The van der Waals surface area contributed by atoms with Crippen molar-refractivity contribution < 1.29 is 14.3 Å². The van der Waals surface area contributed by atoms with E-state index < -0.39 is 6.04 Å². The Morgan fingerprint density at radius 3 is 2.88 bits per heavy atom. The Bertz CT molecular complexity index is 806. The first-order chi connectivity index (χ1) is 12.1. The summed E-state index contributed by atoms with van der Waals surface area (Å²) in [4.78, 5) is 35.0. The van der Waals surface area contributed by atoms with Gasteiger partial charge in [-0.2, -0.15) is 0 Å². The highest BCUT2D eigenvalue weighted by atomic mass is 16.5. The van der Waals surface area contributed by atoms with Crippen LogP contribution in [0.5, 0.6) is 0 Å². The topological polar surface area (TPSA) is 86.6 Å². The standard InChI is InChI=1S/C17H20N4O4/c1-3-25-16(23)14-11-24-9-8-21(14)17-19-13(10-15(22)20(17)2)12-4-6-18-7-5-12/h4-7,10,14H,3,8-9,11H2,1-2H3. The highest BCUT2D eigenvalue weighted by Gasteiger charge is 2.33. The number of aromatic nitrogens is 3. The number of pyridine rings is 1. The zero-order chi connectivity index (χ0) is 17.8. The fourth-order valence-corrected chi connectivity index (χ4v) is 2.73. The molecule has 1 saturated heterocycles. The molecular weight excluding hydrogens is 324 g/mol. The molecule has 0 spiro atoms. The summed E-state index contributed by atoms with van der Waals surface area (Å²) in [7, 11) is 1.64. The van der Waals surface area contributed by atoms with Crippen LogP contribution in [0.15, 0.2) is 35.4 Å². The predicted octanol–water partition coefficient (Wildman–Crippen LogP) is 0.611. The summed E-state index contributed by atoms with van der Waals surface area (Å²) < 4.78 is 12.0. The predicted molar refractivity (Wildman–Crippen MR) is 91.3 cm³/mol. The highest BCUT2D eigenvalue weighted by Crippen LogP contribution is 2.21. The fraction of sp³-hybridized carbons (Fsp3) is 0.412. The van der Waals surface area contributed by atoms with Crippen LogP contribution in [0.2, 0.25) is 0 Å². The quantitative estimate of drug-likeness (QED) is 0.751. The van der Waals surface area contributed by atoms with Gasteiger partial charge in [-0.25, -0.2) is 9.78 Å². The first kappa shape index (κ1) is 17.1. The third kappa shape index (κ3) is 3.53. The molecule has 1 atom stereocenters. The molecule has 132 valence electrons. The van der Waals surface area contributed by atoms with Crippen LogP contribution < -0.4 is 10.5 Å². The Balaban J connectivity index is 2.04. The third-order valence-electron chi connectivity index (χ3n) is 4.03. The Labute approximate surface area is 145 Å². The third-order valence-corrected chi connectivity index (χ3v) is 4.03. The molecule has 8 heteroatoms. The van der Waals surface area contributed by atoms with E-state index in [2.05, 4.69) is 9.97 Å². The van der Waals surface area contributed by atoms with E-state index in [0.717, 1.165) is 5.56 Å². The van der Waals surface area contributed by atoms with E-state index in [9.17, 15) is 9.59 Å². The van der Waals surface area contributed by atoms with E-state index >= 15 is 0 Å². The molecule has 0 aromatic carbocycles. The average Bonchev–Trinajstić information content (AvgIpc) is 2.65. The second-order valence-electron chi connectivity index (χ2n) is 5.61. The minimum atomic E-state index is -0.625. The molecule has 2 aromatic heterocycles. The summed E-state index contributed by atoms with van der Waals surface area (Å²) in [6, 6.07) is 4.42. The summed E-state index contributed by atoms with van der Waals surface area (Å²) >= 11 is 0. The Morgan fingerprint density at radius 2 is 2.16 bits per heavy atom. The summed E-state index contributed by atoms with van der Waals surface area (Å²) in [6.45, 7) is 3.14. The van der Waals surface area contributed by atoms with Gasteiger partial charge in [0.25, 0.3) is 5.56 Å². The van der Waals surface area contributed by atoms with Crippen molar-refractivity contribution in [3.63, 3.8) is 0 Å². The Hall–Kier alpha value is -2.74. The number of esters is 1. The van der Waals surface area contributed by atoms with E-state index in [-0.39, 0.29) is 24.7 Å². The maximum Gasteiger partial charge on any atom is 0.331 e.